The number of aromatic nitrogens is 6. The monoisotopic (exact) mass is 448 g/mol. The number of amides is 1. The fourth-order valence-electron chi connectivity index (χ4n) is 4.64. The smallest absolute Gasteiger partial charge is 0.228 e. The summed E-state index contributed by atoms with van der Waals surface area (Å²) in [4.78, 5) is 26.6. The van der Waals surface area contributed by atoms with Crippen molar-refractivity contribution in [2.75, 3.05) is 26.5 Å². The molecule has 1 aliphatic rings. The number of H-pyrrole nitrogens is 1. The van der Waals surface area contributed by atoms with Crippen LogP contribution in [0.1, 0.15) is 31.5 Å². The zero-order valence-electron chi connectivity index (χ0n) is 19.3. The van der Waals surface area contributed by atoms with Crippen LogP contribution in [0.15, 0.2) is 24.5 Å². The van der Waals surface area contributed by atoms with E-state index in [1.54, 1.807) is 12.0 Å². The first-order chi connectivity index (χ1) is 15.9. The van der Waals surface area contributed by atoms with Gasteiger partial charge >= 0.3 is 0 Å². The van der Waals surface area contributed by atoms with Crippen molar-refractivity contribution in [3.8, 4) is 17.0 Å². The predicted octanol–water partition coefficient (Wildman–Crippen LogP) is 3.04. The molecule has 0 unspecified atom stereocenters. The number of nitrogens with one attached hydrogen (secondary N) is 2. The van der Waals surface area contributed by atoms with E-state index < -0.39 is 0 Å². The topological polar surface area (TPSA) is 113 Å². The van der Waals surface area contributed by atoms with Crippen LogP contribution in [0, 0.1) is 12.8 Å². The Labute approximate surface area is 191 Å². The van der Waals surface area contributed by atoms with Crippen LogP contribution in [-0.4, -0.2) is 67.6 Å². The molecular formula is C23H28N8O2. The normalized spacial score (nSPS) is 18.5. The van der Waals surface area contributed by atoms with E-state index in [2.05, 4.69) is 25.5 Å². The average molecular weight is 449 g/mol. The molecule has 4 heterocycles. The maximum absolute atomic E-state index is 12.2. The van der Waals surface area contributed by atoms with Gasteiger partial charge in [0.25, 0.3) is 0 Å². The molecule has 5 rings (SSSR count). The molecule has 10 heteroatoms. The number of fused-ring (bicyclic) bond motifs is 2. The third-order valence-electron chi connectivity index (χ3n) is 6.43. The second kappa shape index (κ2) is 8.34. The number of aryl methyl sites for hydroxylation is 1. The van der Waals surface area contributed by atoms with E-state index in [0.29, 0.717) is 17.5 Å². The molecule has 0 aliphatic heterocycles. The van der Waals surface area contributed by atoms with Gasteiger partial charge in [0.15, 0.2) is 5.65 Å². The highest BCUT2D eigenvalue weighted by Gasteiger charge is 2.28. The maximum atomic E-state index is 12.2. The molecule has 172 valence electrons. The number of carbonyl (C=O) groups is 1. The summed E-state index contributed by atoms with van der Waals surface area (Å²) in [6.45, 7) is 1.92. The molecule has 10 nitrogen and oxygen atoms in total. The number of nitrogens with zero attached hydrogens (tertiary/aromatic N) is 6. The summed E-state index contributed by atoms with van der Waals surface area (Å²) in [6, 6.07) is 4.17. The fraction of sp³-hybridized carbons (Fsp3) is 0.435. The Morgan fingerprint density at radius 1 is 1.18 bits per heavy atom. The minimum absolute atomic E-state index is 0.105. The van der Waals surface area contributed by atoms with Crippen LogP contribution in [0.3, 0.4) is 0 Å². The summed E-state index contributed by atoms with van der Waals surface area (Å²) in [5, 5.41) is 12.6. The van der Waals surface area contributed by atoms with Crippen molar-refractivity contribution in [2.24, 2.45) is 5.92 Å². The summed E-state index contributed by atoms with van der Waals surface area (Å²) >= 11 is 0. The Balaban J connectivity index is 1.40. The first kappa shape index (κ1) is 21.2. The Hall–Kier alpha value is -3.69. The predicted molar refractivity (Wildman–Crippen MR) is 125 cm³/mol. The van der Waals surface area contributed by atoms with Crippen molar-refractivity contribution >= 4 is 28.5 Å². The highest BCUT2D eigenvalue weighted by Crippen LogP contribution is 2.35. The van der Waals surface area contributed by atoms with Crippen LogP contribution in [0.25, 0.3) is 27.8 Å². The van der Waals surface area contributed by atoms with Crippen molar-refractivity contribution in [3.63, 3.8) is 0 Å². The lowest BCUT2D eigenvalue weighted by Gasteiger charge is -2.29. The van der Waals surface area contributed by atoms with E-state index in [1.807, 2.05) is 49.9 Å². The van der Waals surface area contributed by atoms with Gasteiger partial charge in [-0.1, -0.05) is 0 Å². The Bertz CT molecular complexity index is 1320. The molecule has 0 spiro atoms. The molecule has 4 aromatic rings. The number of ether oxygens (including phenoxy) is 1. The van der Waals surface area contributed by atoms with Gasteiger partial charge in [-0.15, -0.1) is 10.2 Å². The molecule has 4 aromatic heterocycles. The van der Waals surface area contributed by atoms with Crippen LogP contribution in [-0.2, 0) is 4.79 Å². The second-order valence-electron chi connectivity index (χ2n) is 8.80. The molecule has 0 bridgehead atoms. The van der Waals surface area contributed by atoms with Crippen molar-refractivity contribution in [1.29, 1.82) is 0 Å². The molecule has 1 fully saturated rings. The first-order valence-electron chi connectivity index (χ1n) is 11.2. The van der Waals surface area contributed by atoms with Crippen LogP contribution < -0.4 is 10.1 Å². The third-order valence-corrected chi connectivity index (χ3v) is 6.43. The lowest BCUT2D eigenvalue weighted by molar-refractivity contribution is -0.133. The zero-order chi connectivity index (χ0) is 23.1. The zero-order valence-corrected chi connectivity index (χ0v) is 19.3. The van der Waals surface area contributed by atoms with Gasteiger partial charge in [-0.25, -0.2) is 0 Å². The lowest BCUT2D eigenvalue weighted by atomic mass is 9.85. The van der Waals surface area contributed by atoms with E-state index >= 15 is 0 Å². The minimum atomic E-state index is 0.105. The molecule has 0 radical (unpaired) electrons. The molecule has 33 heavy (non-hydrogen) atoms. The molecule has 0 saturated heterocycles. The number of rotatable bonds is 5. The molecule has 1 saturated carbocycles. The number of carbonyl (C=O) groups excluding carboxylic acids is 1. The largest absolute Gasteiger partial charge is 0.480 e. The standard InChI is InChI=1S/C23H28N8O2/c1-13-28-29-18-10-7-15(12-31(13)18)17-11-24-20-19(17)21(33-4)27-23(26-20)25-16-8-5-14(6-9-16)22(32)30(2)3/h7,10-12,14,16H,5-6,8-9H2,1-4H3,(H2,24,25,26,27). The van der Waals surface area contributed by atoms with Gasteiger partial charge in [-0.05, 0) is 44.7 Å². The highest BCUT2D eigenvalue weighted by molar-refractivity contribution is 5.97. The van der Waals surface area contributed by atoms with E-state index in [9.17, 15) is 4.79 Å². The molecule has 1 amide bonds. The summed E-state index contributed by atoms with van der Waals surface area (Å²) in [5.41, 5.74) is 3.44. The Morgan fingerprint density at radius 2 is 1.97 bits per heavy atom. The van der Waals surface area contributed by atoms with Crippen LogP contribution in [0.5, 0.6) is 5.88 Å². The second-order valence-corrected chi connectivity index (χ2v) is 8.80. The van der Waals surface area contributed by atoms with Crippen LogP contribution in [0.4, 0.5) is 5.95 Å². The summed E-state index contributed by atoms with van der Waals surface area (Å²) < 4.78 is 7.61. The van der Waals surface area contributed by atoms with E-state index in [0.717, 1.165) is 53.7 Å². The fourth-order valence-corrected chi connectivity index (χ4v) is 4.64. The summed E-state index contributed by atoms with van der Waals surface area (Å²) in [7, 11) is 5.25. The average Bonchev–Trinajstić information content (AvgIpc) is 3.42. The van der Waals surface area contributed by atoms with Crippen molar-refractivity contribution < 1.29 is 9.53 Å². The number of pyridine rings is 1. The maximum Gasteiger partial charge on any atom is 0.228 e. The first-order valence-corrected chi connectivity index (χ1v) is 11.2. The number of aromatic amines is 1. The van der Waals surface area contributed by atoms with Gasteiger partial charge in [0.2, 0.25) is 17.7 Å². The Morgan fingerprint density at radius 3 is 2.70 bits per heavy atom. The van der Waals surface area contributed by atoms with Gasteiger partial charge in [0.1, 0.15) is 11.5 Å². The molecule has 2 N–H and O–H groups in total. The van der Waals surface area contributed by atoms with Gasteiger partial charge in [0.05, 0.1) is 12.5 Å². The van der Waals surface area contributed by atoms with Crippen molar-refractivity contribution in [1.82, 2.24) is 34.4 Å². The number of hydrogen-bond donors (Lipinski definition) is 2. The van der Waals surface area contributed by atoms with Crippen molar-refractivity contribution in [2.45, 2.75) is 38.6 Å². The van der Waals surface area contributed by atoms with E-state index in [-0.39, 0.29) is 17.9 Å². The van der Waals surface area contributed by atoms with Gasteiger partial charge in [0, 0.05) is 49.6 Å². The summed E-state index contributed by atoms with van der Waals surface area (Å²) in [5.74, 6) is 2.18. The van der Waals surface area contributed by atoms with E-state index in [1.165, 1.54) is 0 Å². The molecular weight excluding hydrogens is 420 g/mol. The Kier molecular flexibility index (Phi) is 5.35. The van der Waals surface area contributed by atoms with Gasteiger partial charge in [-0.2, -0.15) is 9.97 Å². The third kappa shape index (κ3) is 3.85. The van der Waals surface area contributed by atoms with Gasteiger partial charge < -0.3 is 19.9 Å². The van der Waals surface area contributed by atoms with Crippen LogP contribution >= 0.6 is 0 Å². The molecule has 0 aromatic carbocycles. The lowest BCUT2D eigenvalue weighted by Crippen LogP contribution is -2.35. The van der Waals surface area contributed by atoms with Crippen molar-refractivity contribution in [3.05, 3.63) is 30.4 Å². The SMILES string of the molecule is COc1nc(NC2CCC(C(=O)N(C)C)CC2)nc2[nH]cc(-c3ccc4nnc(C)n4c3)c12. The number of anilines is 1. The van der Waals surface area contributed by atoms with Gasteiger partial charge in [-0.3, -0.25) is 9.20 Å². The highest BCUT2D eigenvalue weighted by atomic mass is 16.5. The summed E-state index contributed by atoms with van der Waals surface area (Å²) in [6.07, 6.45) is 7.47. The molecule has 0 atom stereocenters. The van der Waals surface area contributed by atoms with E-state index in [4.69, 9.17) is 9.72 Å². The quantitative estimate of drug-likeness (QED) is 0.482. The number of methoxy groups -OCH3 is 1. The number of hydrogen-bond acceptors (Lipinski definition) is 7. The van der Waals surface area contributed by atoms with Crippen LogP contribution in [0.2, 0.25) is 0 Å². The minimum Gasteiger partial charge on any atom is -0.480 e. The molecule has 1 aliphatic carbocycles.